The second-order valence-electron chi connectivity index (χ2n) is 6.53. The van der Waals surface area contributed by atoms with Crippen LogP contribution in [0.5, 0.6) is 5.75 Å². The van der Waals surface area contributed by atoms with Crippen LogP contribution >= 0.6 is 11.8 Å². The van der Waals surface area contributed by atoms with Crippen molar-refractivity contribution in [2.75, 3.05) is 17.7 Å². The molecule has 1 atom stereocenters. The number of hydrogen-bond acceptors (Lipinski definition) is 5. The maximum atomic E-state index is 13.1. The topological polar surface area (TPSA) is 60.2 Å². The molecule has 0 aliphatic rings. The Morgan fingerprint density at radius 2 is 1.93 bits per heavy atom. The minimum atomic E-state index is -0.417. The van der Waals surface area contributed by atoms with Crippen LogP contribution in [0.25, 0.3) is 0 Å². The van der Waals surface area contributed by atoms with Crippen molar-refractivity contribution in [3.8, 4) is 5.75 Å². The van der Waals surface area contributed by atoms with Crippen LogP contribution in [0.3, 0.4) is 0 Å². The molecule has 0 radical (unpaired) electrons. The molecule has 0 bridgehead atoms. The van der Waals surface area contributed by atoms with Gasteiger partial charge in [-0.25, -0.2) is 4.39 Å². The van der Waals surface area contributed by atoms with E-state index in [1.165, 1.54) is 23.9 Å². The number of hydrogen-bond donors (Lipinski definition) is 0. The number of nitrogens with zero attached hydrogens (tertiary/aromatic N) is 4. The monoisotopic (exact) mass is 426 g/mol. The van der Waals surface area contributed by atoms with Crippen molar-refractivity contribution < 1.29 is 13.9 Å². The lowest BCUT2D eigenvalue weighted by Crippen LogP contribution is -2.28. The van der Waals surface area contributed by atoms with Crippen LogP contribution in [0.1, 0.15) is 18.9 Å². The highest BCUT2D eigenvalue weighted by atomic mass is 32.2. The minimum absolute atomic E-state index is 0.0449. The Morgan fingerprint density at radius 3 is 2.60 bits per heavy atom. The van der Waals surface area contributed by atoms with E-state index in [1.807, 2.05) is 41.8 Å². The lowest BCUT2D eigenvalue weighted by molar-refractivity contribution is -0.115. The zero-order valence-corrected chi connectivity index (χ0v) is 17.7. The fourth-order valence-corrected chi connectivity index (χ4v) is 3.67. The number of allylic oxidation sites excluding steroid dienone is 1. The average Bonchev–Trinajstić information content (AvgIpc) is 3.16. The van der Waals surface area contributed by atoms with Gasteiger partial charge in [0.25, 0.3) is 0 Å². The summed E-state index contributed by atoms with van der Waals surface area (Å²) in [6.07, 6.45) is 1.32. The smallest absolute Gasteiger partial charge is 0.237 e. The largest absolute Gasteiger partial charge is 0.483 e. The van der Waals surface area contributed by atoms with Crippen LogP contribution in [-0.2, 0) is 11.3 Å². The highest BCUT2D eigenvalue weighted by Crippen LogP contribution is 2.25. The number of ether oxygens (including phenoxy) is 1. The molecule has 1 heterocycles. The first kappa shape index (κ1) is 21.6. The molecule has 0 saturated carbocycles. The van der Waals surface area contributed by atoms with Gasteiger partial charge in [-0.05, 0) is 43.3 Å². The molecule has 8 heteroatoms. The van der Waals surface area contributed by atoms with E-state index in [9.17, 15) is 9.18 Å². The quantitative estimate of drug-likeness (QED) is 0.372. The van der Waals surface area contributed by atoms with Gasteiger partial charge in [0.05, 0.1) is 5.75 Å². The molecule has 6 nitrogen and oxygen atoms in total. The minimum Gasteiger partial charge on any atom is -0.483 e. The average molecular weight is 427 g/mol. The summed E-state index contributed by atoms with van der Waals surface area (Å²) in [6.45, 7) is 6.11. The van der Waals surface area contributed by atoms with E-state index in [2.05, 4.69) is 16.8 Å². The van der Waals surface area contributed by atoms with Crippen LogP contribution in [-0.4, -0.2) is 33.5 Å². The normalized spacial score (nSPS) is 11.7. The summed E-state index contributed by atoms with van der Waals surface area (Å²) in [5, 5.41) is 9.09. The van der Waals surface area contributed by atoms with E-state index in [4.69, 9.17) is 4.74 Å². The van der Waals surface area contributed by atoms with Crippen LogP contribution in [0.4, 0.5) is 10.1 Å². The zero-order chi connectivity index (χ0) is 21.5. The second kappa shape index (κ2) is 10.1. The molecule has 30 heavy (non-hydrogen) atoms. The van der Waals surface area contributed by atoms with Gasteiger partial charge in [0.15, 0.2) is 17.1 Å². The molecule has 0 fully saturated rings. The summed E-state index contributed by atoms with van der Waals surface area (Å²) in [5.41, 5.74) is 0.831. The summed E-state index contributed by atoms with van der Waals surface area (Å²) in [6, 6.07) is 15.3. The van der Waals surface area contributed by atoms with Crippen LogP contribution in [0, 0.1) is 5.82 Å². The van der Waals surface area contributed by atoms with Gasteiger partial charge in [-0.2, -0.15) is 0 Å². The molecule has 0 saturated heterocycles. The first-order chi connectivity index (χ1) is 14.5. The fourth-order valence-electron chi connectivity index (χ4n) is 2.80. The predicted octanol–water partition coefficient (Wildman–Crippen LogP) is 4.50. The summed E-state index contributed by atoms with van der Waals surface area (Å²) >= 11 is 1.31. The molecule has 1 aromatic heterocycles. The molecule has 0 spiro atoms. The van der Waals surface area contributed by atoms with E-state index >= 15 is 0 Å². The van der Waals surface area contributed by atoms with Gasteiger partial charge in [0.2, 0.25) is 5.91 Å². The molecule has 1 unspecified atom stereocenters. The fraction of sp³-hybridized carbons (Fsp3) is 0.227. The third-order valence-corrected chi connectivity index (χ3v) is 5.34. The SMILES string of the molecule is C=CCn1c(SCC(=O)N(C)c2ccccc2)nnc1C(C)Oc1ccc(F)cc1. The highest BCUT2D eigenvalue weighted by molar-refractivity contribution is 7.99. The number of halogens is 1. The summed E-state index contributed by atoms with van der Waals surface area (Å²) in [7, 11) is 1.75. The van der Waals surface area contributed by atoms with E-state index in [1.54, 1.807) is 30.2 Å². The molecule has 0 aliphatic carbocycles. The van der Waals surface area contributed by atoms with Crippen molar-refractivity contribution in [3.05, 3.63) is 78.9 Å². The third-order valence-electron chi connectivity index (χ3n) is 4.39. The summed E-state index contributed by atoms with van der Waals surface area (Å²) in [5.74, 6) is 0.982. The van der Waals surface area contributed by atoms with Crippen molar-refractivity contribution in [2.45, 2.75) is 24.7 Å². The summed E-state index contributed by atoms with van der Waals surface area (Å²) < 4.78 is 20.8. The Bertz CT molecular complexity index is 992. The maximum Gasteiger partial charge on any atom is 0.237 e. The number of anilines is 1. The Labute approximate surface area is 179 Å². The number of carbonyl (C=O) groups excluding carboxylic acids is 1. The maximum absolute atomic E-state index is 13.1. The van der Waals surface area contributed by atoms with E-state index in [0.717, 1.165) is 5.69 Å². The van der Waals surface area contributed by atoms with E-state index < -0.39 is 6.10 Å². The van der Waals surface area contributed by atoms with Crippen molar-refractivity contribution in [2.24, 2.45) is 0 Å². The van der Waals surface area contributed by atoms with Crippen LogP contribution < -0.4 is 9.64 Å². The number of benzene rings is 2. The van der Waals surface area contributed by atoms with Crippen molar-refractivity contribution in [1.82, 2.24) is 14.8 Å². The van der Waals surface area contributed by atoms with Crippen molar-refractivity contribution in [1.29, 1.82) is 0 Å². The molecule has 0 aliphatic heterocycles. The van der Waals surface area contributed by atoms with Gasteiger partial charge >= 0.3 is 0 Å². The van der Waals surface area contributed by atoms with E-state index in [-0.39, 0.29) is 17.5 Å². The van der Waals surface area contributed by atoms with Crippen LogP contribution in [0.2, 0.25) is 0 Å². The van der Waals surface area contributed by atoms with Gasteiger partial charge in [-0.1, -0.05) is 36.0 Å². The van der Waals surface area contributed by atoms with Gasteiger partial charge < -0.3 is 9.64 Å². The first-order valence-corrected chi connectivity index (χ1v) is 10.4. The number of aromatic nitrogens is 3. The highest BCUT2D eigenvalue weighted by Gasteiger charge is 2.20. The number of carbonyl (C=O) groups is 1. The molecule has 2 aromatic carbocycles. The molecular formula is C22H23FN4O2S. The van der Waals surface area contributed by atoms with Crippen molar-refractivity contribution >= 4 is 23.4 Å². The third kappa shape index (κ3) is 5.27. The number of para-hydroxylation sites is 1. The lowest BCUT2D eigenvalue weighted by atomic mass is 10.3. The summed E-state index contributed by atoms with van der Waals surface area (Å²) in [4.78, 5) is 14.2. The van der Waals surface area contributed by atoms with Gasteiger partial charge in [-0.3, -0.25) is 9.36 Å². The molecule has 3 aromatic rings. The standard InChI is InChI=1S/C22H23FN4O2S/c1-4-14-27-21(16(2)29-19-12-10-17(23)11-13-19)24-25-22(27)30-15-20(28)26(3)18-8-6-5-7-9-18/h4-13,16H,1,14-15H2,2-3H3. The predicted molar refractivity (Wildman–Crippen MR) is 116 cm³/mol. The van der Waals surface area contributed by atoms with Crippen LogP contribution in [0.15, 0.2) is 72.4 Å². The zero-order valence-electron chi connectivity index (χ0n) is 16.9. The lowest BCUT2D eigenvalue weighted by Gasteiger charge is -2.17. The Balaban J connectivity index is 1.69. The Morgan fingerprint density at radius 1 is 1.23 bits per heavy atom. The molecule has 3 rings (SSSR count). The molecular weight excluding hydrogens is 403 g/mol. The number of amides is 1. The molecule has 0 N–H and O–H groups in total. The Hall–Kier alpha value is -3.13. The molecule has 156 valence electrons. The number of thioether (sulfide) groups is 1. The van der Waals surface area contributed by atoms with Gasteiger partial charge in [0, 0.05) is 19.3 Å². The Kier molecular flexibility index (Phi) is 7.24. The molecule has 1 amide bonds. The number of rotatable bonds is 9. The second-order valence-corrected chi connectivity index (χ2v) is 7.47. The van der Waals surface area contributed by atoms with Crippen molar-refractivity contribution in [3.63, 3.8) is 0 Å². The van der Waals surface area contributed by atoms with Gasteiger partial charge in [-0.15, -0.1) is 16.8 Å². The van der Waals surface area contributed by atoms with E-state index in [0.29, 0.717) is 23.3 Å². The van der Waals surface area contributed by atoms with Gasteiger partial charge in [0.1, 0.15) is 11.6 Å². The first-order valence-electron chi connectivity index (χ1n) is 9.40.